The minimum atomic E-state index is -1.09. The summed E-state index contributed by atoms with van der Waals surface area (Å²) in [7, 11) is 2.87. The van der Waals surface area contributed by atoms with Crippen molar-refractivity contribution in [3.8, 4) is 0 Å². The summed E-state index contributed by atoms with van der Waals surface area (Å²) in [6.07, 6.45) is 0.170. The molecule has 0 aliphatic carbocycles. The number of amides is 2. The average Bonchev–Trinajstić information content (AvgIpc) is 2.93. The summed E-state index contributed by atoms with van der Waals surface area (Å²) in [5, 5.41) is 0. The molecular weight excluding hydrogens is 327 g/mol. The molecular formula is C18H21FN2O4. The first-order chi connectivity index (χ1) is 11.7. The van der Waals surface area contributed by atoms with Gasteiger partial charge in [0.25, 0.3) is 0 Å². The van der Waals surface area contributed by atoms with Crippen LogP contribution in [-0.2, 0) is 19.1 Å². The van der Waals surface area contributed by atoms with E-state index in [2.05, 4.69) is 0 Å². The summed E-state index contributed by atoms with van der Waals surface area (Å²) in [4.78, 5) is 41.1. The van der Waals surface area contributed by atoms with Crippen LogP contribution in [0.3, 0.4) is 0 Å². The normalized spacial score (nSPS) is 32.0. The average molecular weight is 348 g/mol. The topological polar surface area (TPSA) is 66.9 Å². The Balaban J connectivity index is 2.15. The molecule has 2 heterocycles. The van der Waals surface area contributed by atoms with Crippen LogP contribution in [0.1, 0.15) is 31.9 Å². The van der Waals surface area contributed by atoms with E-state index in [1.54, 1.807) is 33.0 Å². The molecule has 0 aromatic heterocycles. The fourth-order valence-electron chi connectivity index (χ4n) is 3.99. The predicted molar refractivity (Wildman–Crippen MR) is 86.7 cm³/mol. The number of likely N-dealkylation sites (N-methyl/N-ethyl adjacent to an activating group) is 1. The largest absolute Gasteiger partial charge is 0.469 e. The Morgan fingerprint density at radius 1 is 1.24 bits per heavy atom. The van der Waals surface area contributed by atoms with Gasteiger partial charge in [-0.3, -0.25) is 14.4 Å². The number of ether oxygens (including phenoxy) is 1. The molecule has 0 radical (unpaired) electrons. The molecule has 0 bridgehead atoms. The highest BCUT2D eigenvalue weighted by molar-refractivity contribution is 5.99. The molecule has 0 spiro atoms. The zero-order valence-electron chi connectivity index (χ0n) is 14.7. The first-order valence-corrected chi connectivity index (χ1v) is 8.15. The van der Waals surface area contributed by atoms with E-state index in [-0.39, 0.29) is 18.2 Å². The number of methoxy groups -OCH3 is 1. The number of carbonyl (C=O) groups is 3. The van der Waals surface area contributed by atoms with Crippen molar-refractivity contribution in [2.75, 3.05) is 14.2 Å². The predicted octanol–water partition coefficient (Wildman–Crippen LogP) is 1.51. The Kier molecular flexibility index (Phi) is 4.05. The molecule has 2 unspecified atom stereocenters. The summed E-state index contributed by atoms with van der Waals surface area (Å²) in [5.41, 5.74) is -0.484. The third kappa shape index (κ3) is 2.41. The Bertz CT molecular complexity index is 735. The second-order valence-corrected chi connectivity index (χ2v) is 6.95. The van der Waals surface area contributed by atoms with Crippen LogP contribution in [0.15, 0.2) is 24.3 Å². The Hall–Kier alpha value is -2.44. The van der Waals surface area contributed by atoms with Gasteiger partial charge < -0.3 is 14.5 Å². The summed E-state index contributed by atoms with van der Waals surface area (Å²) < 4.78 is 18.3. The van der Waals surface area contributed by atoms with Gasteiger partial charge in [-0.05, 0) is 38.0 Å². The monoisotopic (exact) mass is 348 g/mol. The minimum Gasteiger partial charge on any atom is -0.469 e. The van der Waals surface area contributed by atoms with E-state index in [1.165, 1.54) is 29.0 Å². The van der Waals surface area contributed by atoms with Gasteiger partial charge in [0, 0.05) is 7.05 Å². The van der Waals surface area contributed by atoms with Crippen LogP contribution in [0.2, 0.25) is 0 Å². The van der Waals surface area contributed by atoms with Gasteiger partial charge in [0.1, 0.15) is 17.9 Å². The number of piperazine rings is 1. The number of esters is 1. The lowest BCUT2D eigenvalue weighted by Crippen LogP contribution is -2.60. The number of benzene rings is 1. The van der Waals surface area contributed by atoms with Crippen molar-refractivity contribution < 1.29 is 23.5 Å². The van der Waals surface area contributed by atoms with Crippen molar-refractivity contribution in [2.45, 2.75) is 38.4 Å². The molecule has 134 valence electrons. The summed E-state index contributed by atoms with van der Waals surface area (Å²) in [6, 6.07) is 3.63. The van der Waals surface area contributed by atoms with Crippen molar-refractivity contribution in [3.63, 3.8) is 0 Å². The van der Waals surface area contributed by atoms with Gasteiger partial charge in [-0.25, -0.2) is 4.39 Å². The summed E-state index contributed by atoms with van der Waals surface area (Å²) >= 11 is 0. The molecule has 2 aliphatic rings. The quantitative estimate of drug-likeness (QED) is 0.760. The van der Waals surface area contributed by atoms with Gasteiger partial charge in [0.15, 0.2) is 0 Å². The second-order valence-electron chi connectivity index (χ2n) is 6.95. The highest BCUT2D eigenvalue weighted by atomic mass is 19.1. The molecule has 2 aliphatic heterocycles. The van der Waals surface area contributed by atoms with Crippen LogP contribution in [0.4, 0.5) is 4.39 Å². The zero-order chi connectivity index (χ0) is 18.5. The van der Waals surface area contributed by atoms with E-state index in [0.717, 1.165) is 0 Å². The molecule has 1 aromatic rings. The lowest BCUT2D eigenvalue weighted by atomic mass is 9.78. The fourth-order valence-corrected chi connectivity index (χ4v) is 3.99. The second kappa shape index (κ2) is 5.82. The molecule has 1 aromatic carbocycles. The molecule has 4 atom stereocenters. The maximum atomic E-state index is 13.3. The number of nitrogens with zero attached hydrogens (tertiary/aromatic N) is 2. The maximum absolute atomic E-state index is 13.3. The van der Waals surface area contributed by atoms with Crippen molar-refractivity contribution in [1.82, 2.24) is 9.80 Å². The Morgan fingerprint density at radius 2 is 1.84 bits per heavy atom. The molecule has 2 amide bonds. The lowest BCUT2D eigenvalue weighted by molar-refractivity contribution is -0.160. The lowest BCUT2D eigenvalue weighted by Gasteiger charge is -2.42. The molecule has 7 heteroatoms. The van der Waals surface area contributed by atoms with Crippen LogP contribution >= 0.6 is 0 Å². The van der Waals surface area contributed by atoms with E-state index in [1.807, 2.05) is 0 Å². The molecule has 0 saturated carbocycles. The highest BCUT2D eigenvalue weighted by Crippen LogP contribution is 2.52. The third-order valence-electron chi connectivity index (χ3n) is 5.50. The van der Waals surface area contributed by atoms with E-state index in [0.29, 0.717) is 5.56 Å². The summed E-state index contributed by atoms with van der Waals surface area (Å²) in [5.74, 6) is -1.33. The molecule has 2 fully saturated rings. The fraction of sp³-hybridized carbons (Fsp3) is 0.500. The van der Waals surface area contributed by atoms with Crippen LogP contribution in [0.25, 0.3) is 0 Å². The van der Waals surface area contributed by atoms with Gasteiger partial charge in [0.05, 0.1) is 18.6 Å². The van der Waals surface area contributed by atoms with E-state index in [9.17, 15) is 18.8 Å². The number of halogens is 1. The van der Waals surface area contributed by atoms with Crippen LogP contribution in [0, 0.1) is 11.2 Å². The van der Waals surface area contributed by atoms with Gasteiger partial charge in [-0.2, -0.15) is 0 Å². The van der Waals surface area contributed by atoms with Crippen molar-refractivity contribution >= 4 is 17.8 Å². The smallest absolute Gasteiger partial charge is 0.314 e. The van der Waals surface area contributed by atoms with E-state index in [4.69, 9.17) is 4.74 Å². The van der Waals surface area contributed by atoms with Gasteiger partial charge in [-0.15, -0.1) is 0 Å². The van der Waals surface area contributed by atoms with Crippen molar-refractivity contribution in [1.29, 1.82) is 0 Å². The third-order valence-corrected chi connectivity index (χ3v) is 5.50. The van der Waals surface area contributed by atoms with Crippen molar-refractivity contribution in [2.24, 2.45) is 5.41 Å². The van der Waals surface area contributed by atoms with E-state index < -0.39 is 35.3 Å². The first kappa shape index (κ1) is 17.4. The number of rotatable bonds is 2. The minimum absolute atomic E-state index is 0.170. The standard InChI is InChI=1S/C18H21FN2O4/c1-10-15(22)21-13(16(23)20(10)3)9-18(2,17(24)25-4)14(21)11-5-7-12(19)8-6-11/h5-8,10,13-14H,9H2,1-4H3/t10-,13?,14?,18+/m1/s1. The van der Waals surface area contributed by atoms with Gasteiger partial charge in [-0.1, -0.05) is 12.1 Å². The molecule has 0 N–H and O–H groups in total. The number of fused-ring (bicyclic) bond motifs is 1. The highest BCUT2D eigenvalue weighted by Gasteiger charge is 2.61. The molecule has 2 saturated heterocycles. The Labute approximate surface area is 145 Å². The zero-order valence-corrected chi connectivity index (χ0v) is 14.7. The molecule has 6 nitrogen and oxygen atoms in total. The van der Waals surface area contributed by atoms with Crippen LogP contribution in [0.5, 0.6) is 0 Å². The molecule has 25 heavy (non-hydrogen) atoms. The first-order valence-electron chi connectivity index (χ1n) is 8.15. The molecule has 3 rings (SSSR count). The van der Waals surface area contributed by atoms with Crippen molar-refractivity contribution in [3.05, 3.63) is 35.6 Å². The van der Waals surface area contributed by atoms with Gasteiger partial charge >= 0.3 is 5.97 Å². The van der Waals surface area contributed by atoms with Crippen LogP contribution < -0.4 is 0 Å². The Morgan fingerprint density at radius 3 is 2.40 bits per heavy atom. The number of carbonyl (C=O) groups excluding carboxylic acids is 3. The van der Waals surface area contributed by atoms with E-state index >= 15 is 0 Å². The van der Waals surface area contributed by atoms with Crippen LogP contribution in [-0.4, -0.2) is 53.8 Å². The number of hydrogen-bond acceptors (Lipinski definition) is 4. The summed E-state index contributed by atoms with van der Waals surface area (Å²) in [6.45, 7) is 3.35. The number of hydrogen-bond donors (Lipinski definition) is 0. The SMILES string of the molecule is COC(=O)[C@@]1(C)CC2C(=O)N(C)[C@H](C)C(=O)N2C1c1ccc(F)cc1. The van der Waals surface area contributed by atoms with Gasteiger partial charge in [0.2, 0.25) is 11.8 Å². The maximum Gasteiger partial charge on any atom is 0.314 e.